The number of nitrogens with zero attached hydrogens (tertiary/aromatic N) is 1. The largest absolute Gasteiger partial charge is 0.353 e. The fraction of sp³-hybridized carbons (Fsp3) is 0.529. The lowest BCUT2D eigenvalue weighted by molar-refractivity contribution is -0.127. The van der Waals surface area contributed by atoms with Crippen LogP contribution < -0.4 is 10.2 Å². The van der Waals surface area contributed by atoms with Crippen LogP contribution in [-0.2, 0) is 9.59 Å². The van der Waals surface area contributed by atoms with Crippen LogP contribution in [0.3, 0.4) is 0 Å². The first kappa shape index (κ1) is 16.9. The van der Waals surface area contributed by atoms with Gasteiger partial charge in [0.05, 0.1) is 5.92 Å². The average Bonchev–Trinajstić information content (AvgIpc) is 2.89. The zero-order valence-corrected chi connectivity index (χ0v) is 14.4. The Hall–Kier alpha value is -1.49. The van der Waals surface area contributed by atoms with E-state index in [2.05, 4.69) is 19.2 Å². The van der Waals surface area contributed by atoms with E-state index in [9.17, 15) is 9.59 Å². The third kappa shape index (κ3) is 3.83. The zero-order chi connectivity index (χ0) is 16.3. The molecule has 1 saturated heterocycles. The number of rotatable bonds is 5. The van der Waals surface area contributed by atoms with Crippen molar-refractivity contribution in [3.8, 4) is 0 Å². The van der Waals surface area contributed by atoms with Gasteiger partial charge in [-0.2, -0.15) is 0 Å². The van der Waals surface area contributed by atoms with Crippen molar-refractivity contribution in [1.82, 2.24) is 5.32 Å². The number of carbonyl (C=O) groups excluding carboxylic acids is 2. The van der Waals surface area contributed by atoms with E-state index in [1.807, 2.05) is 37.4 Å². The van der Waals surface area contributed by atoms with Crippen LogP contribution in [0.25, 0.3) is 0 Å². The molecule has 0 radical (unpaired) electrons. The minimum absolute atomic E-state index is 0.0157. The molecule has 1 fully saturated rings. The van der Waals surface area contributed by atoms with Gasteiger partial charge in [0.15, 0.2) is 0 Å². The van der Waals surface area contributed by atoms with Gasteiger partial charge in [0.25, 0.3) is 0 Å². The summed E-state index contributed by atoms with van der Waals surface area (Å²) in [5, 5.41) is 3.01. The first-order valence-electron chi connectivity index (χ1n) is 7.67. The summed E-state index contributed by atoms with van der Waals surface area (Å²) in [6.07, 6.45) is 2.30. The molecule has 1 N–H and O–H groups in total. The first-order chi connectivity index (χ1) is 10.4. The van der Waals surface area contributed by atoms with Gasteiger partial charge in [-0.25, -0.2) is 0 Å². The van der Waals surface area contributed by atoms with Gasteiger partial charge in [-0.3, -0.25) is 9.59 Å². The highest BCUT2D eigenvalue weighted by Gasteiger charge is 2.35. The molecular weight excluding hydrogens is 296 g/mol. The summed E-state index contributed by atoms with van der Waals surface area (Å²) in [7, 11) is 0. The monoisotopic (exact) mass is 320 g/mol. The lowest BCUT2D eigenvalue weighted by Gasteiger charge is -2.20. The predicted molar refractivity (Wildman–Crippen MR) is 91.1 cm³/mol. The van der Waals surface area contributed by atoms with Crippen LogP contribution in [0, 0.1) is 11.8 Å². The highest BCUT2D eigenvalue weighted by atomic mass is 32.2. The Morgan fingerprint density at radius 1 is 1.36 bits per heavy atom. The average molecular weight is 320 g/mol. The molecule has 1 aliphatic rings. The highest BCUT2D eigenvalue weighted by Crippen LogP contribution is 2.28. The molecule has 2 amide bonds. The number of amides is 2. The fourth-order valence-electron chi connectivity index (χ4n) is 2.42. The van der Waals surface area contributed by atoms with Crippen molar-refractivity contribution in [2.45, 2.75) is 38.1 Å². The van der Waals surface area contributed by atoms with Gasteiger partial charge >= 0.3 is 0 Å². The van der Waals surface area contributed by atoms with Crippen molar-refractivity contribution >= 4 is 29.3 Å². The number of benzene rings is 1. The lowest BCUT2D eigenvalue weighted by atomic mass is 10.0. The maximum atomic E-state index is 12.3. The number of anilines is 1. The number of carbonyl (C=O) groups is 2. The molecule has 1 aromatic carbocycles. The summed E-state index contributed by atoms with van der Waals surface area (Å²) >= 11 is 1.64. The second kappa shape index (κ2) is 7.18. The van der Waals surface area contributed by atoms with Gasteiger partial charge < -0.3 is 10.2 Å². The Labute approximate surface area is 136 Å². The van der Waals surface area contributed by atoms with Crippen molar-refractivity contribution in [2.75, 3.05) is 17.7 Å². The van der Waals surface area contributed by atoms with Crippen LogP contribution in [-0.4, -0.2) is 30.7 Å². The maximum Gasteiger partial charge on any atom is 0.227 e. The summed E-state index contributed by atoms with van der Waals surface area (Å²) in [5.41, 5.74) is 0.879. The number of hydrogen-bond acceptors (Lipinski definition) is 3. The van der Waals surface area contributed by atoms with Crippen LogP contribution >= 0.6 is 11.8 Å². The second-order valence-corrected chi connectivity index (χ2v) is 7.03. The lowest BCUT2D eigenvalue weighted by Crippen LogP contribution is -2.40. The van der Waals surface area contributed by atoms with E-state index in [1.54, 1.807) is 16.7 Å². The van der Waals surface area contributed by atoms with Crippen LogP contribution in [0.15, 0.2) is 29.2 Å². The van der Waals surface area contributed by atoms with Gasteiger partial charge in [0.1, 0.15) is 0 Å². The molecule has 0 bridgehead atoms. The van der Waals surface area contributed by atoms with E-state index in [4.69, 9.17) is 0 Å². The summed E-state index contributed by atoms with van der Waals surface area (Å²) in [6, 6.07) is 8.01. The normalized spacial score (nSPS) is 19.6. The van der Waals surface area contributed by atoms with E-state index in [-0.39, 0.29) is 23.8 Å². The van der Waals surface area contributed by atoms with Gasteiger partial charge in [0.2, 0.25) is 11.8 Å². The Morgan fingerprint density at radius 3 is 2.73 bits per heavy atom. The Bertz CT molecular complexity index is 559. The molecule has 2 rings (SSSR count). The molecule has 4 nitrogen and oxygen atoms in total. The third-order valence-corrected chi connectivity index (χ3v) is 4.96. The molecule has 2 unspecified atom stereocenters. The van der Waals surface area contributed by atoms with Crippen molar-refractivity contribution in [3.05, 3.63) is 24.3 Å². The Balaban J connectivity index is 2.05. The Kier molecular flexibility index (Phi) is 5.51. The molecule has 0 aromatic heterocycles. The molecule has 5 heteroatoms. The molecule has 1 heterocycles. The fourth-order valence-corrected chi connectivity index (χ4v) is 2.87. The van der Waals surface area contributed by atoms with Crippen LogP contribution in [0.4, 0.5) is 5.69 Å². The molecule has 0 aliphatic carbocycles. The molecule has 0 saturated carbocycles. The maximum absolute atomic E-state index is 12.3. The van der Waals surface area contributed by atoms with E-state index >= 15 is 0 Å². The van der Waals surface area contributed by atoms with E-state index in [0.29, 0.717) is 18.9 Å². The SMILES string of the molecule is CSc1cccc(N2CC(C(=O)NC(C)C(C)C)CC2=O)c1. The van der Waals surface area contributed by atoms with Gasteiger partial charge in [0, 0.05) is 29.6 Å². The minimum atomic E-state index is -0.258. The minimum Gasteiger partial charge on any atom is -0.353 e. The van der Waals surface area contributed by atoms with E-state index < -0.39 is 0 Å². The van der Waals surface area contributed by atoms with Crippen molar-refractivity contribution in [3.63, 3.8) is 0 Å². The molecule has 22 heavy (non-hydrogen) atoms. The Morgan fingerprint density at radius 2 is 2.09 bits per heavy atom. The van der Waals surface area contributed by atoms with Crippen molar-refractivity contribution in [1.29, 1.82) is 0 Å². The van der Waals surface area contributed by atoms with E-state index in [1.165, 1.54) is 0 Å². The summed E-state index contributed by atoms with van der Waals surface area (Å²) in [5.74, 6) is 0.135. The quantitative estimate of drug-likeness (QED) is 0.849. The summed E-state index contributed by atoms with van der Waals surface area (Å²) < 4.78 is 0. The number of nitrogens with one attached hydrogen (secondary N) is 1. The van der Waals surface area contributed by atoms with Gasteiger partial charge in [-0.15, -0.1) is 11.8 Å². The van der Waals surface area contributed by atoms with Gasteiger partial charge in [-0.1, -0.05) is 19.9 Å². The molecule has 2 atom stereocenters. The zero-order valence-electron chi connectivity index (χ0n) is 13.6. The molecule has 120 valence electrons. The molecular formula is C17H24N2O2S. The third-order valence-electron chi connectivity index (χ3n) is 4.23. The van der Waals surface area contributed by atoms with Crippen LogP contribution in [0.2, 0.25) is 0 Å². The topological polar surface area (TPSA) is 49.4 Å². The van der Waals surface area contributed by atoms with Crippen LogP contribution in [0.1, 0.15) is 27.2 Å². The van der Waals surface area contributed by atoms with Crippen molar-refractivity contribution < 1.29 is 9.59 Å². The molecule has 1 aliphatic heterocycles. The second-order valence-electron chi connectivity index (χ2n) is 6.15. The number of hydrogen-bond donors (Lipinski definition) is 1. The first-order valence-corrected chi connectivity index (χ1v) is 8.89. The number of thioether (sulfide) groups is 1. The smallest absolute Gasteiger partial charge is 0.227 e. The molecule has 0 spiro atoms. The van der Waals surface area contributed by atoms with Crippen LogP contribution in [0.5, 0.6) is 0 Å². The van der Waals surface area contributed by atoms with Crippen molar-refractivity contribution in [2.24, 2.45) is 11.8 Å². The highest BCUT2D eigenvalue weighted by molar-refractivity contribution is 7.98. The summed E-state index contributed by atoms with van der Waals surface area (Å²) in [4.78, 5) is 27.4. The van der Waals surface area contributed by atoms with E-state index in [0.717, 1.165) is 10.6 Å². The summed E-state index contributed by atoms with van der Waals surface area (Å²) in [6.45, 7) is 6.61. The molecule has 1 aromatic rings. The standard InChI is InChI=1S/C17H24N2O2S/c1-11(2)12(3)18-17(21)13-8-16(20)19(10-13)14-6-5-7-15(9-14)22-4/h5-7,9,11-13H,8,10H2,1-4H3,(H,18,21). The van der Waals surface area contributed by atoms with Gasteiger partial charge in [-0.05, 0) is 37.3 Å². The predicted octanol–water partition coefficient (Wildman–Crippen LogP) is 2.92.